The second-order valence-electron chi connectivity index (χ2n) is 9.27. The fraction of sp³-hybridized carbons (Fsp3) is 0.385. The summed E-state index contributed by atoms with van der Waals surface area (Å²) < 4.78 is 20.6. The third-order valence-electron chi connectivity index (χ3n) is 5.96. The summed E-state index contributed by atoms with van der Waals surface area (Å²) in [5.41, 5.74) is 0.713. The molecule has 2 heterocycles. The number of amides is 2. The number of ether oxygens (including phenoxy) is 1. The Kier molecular flexibility index (Phi) is 7.55. The Hall–Kier alpha value is -3.59. The lowest BCUT2D eigenvalue weighted by molar-refractivity contribution is -0.137. The van der Waals surface area contributed by atoms with E-state index < -0.39 is 5.41 Å². The molecule has 0 bridgehead atoms. The van der Waals surface area contributed by atoms with E-state index in [0.29, 0.717) is 44.2 Å². The molecular formula is C26H30FN5O3. The molecule has 3 aromatic rings. The van der Waals surface area contributed by atoms with Gasteiger partial charge in [-0.25, -0.2) is 9.07 Å². The summed E-state index contributed by atoms with van der Waals surface area (Å²) in [6.07, 6.45) is 0.849. The van der Waals surface area contributed by atoms with Gasteiger partial charge >= 0.3 is 0 Å². The molecule has 4 rings (SSSR count). The molecule has 1 saturated heterocycles. The number of rotatable bonds is 7. The molecule has 0 atom stereocenters. The van der Waals surface area contributed by atoms with E-state index in [2.05, 4.69) is 15.4 Å². The summed E-state index contributed by atoms with van der Waals surface area (Å²) in [5, 5.41) is 7.29. The number of nitrogens with one attached hydrogen (secondary N) is 1. The van der Waals surface area contributed by atoms with Gasteiger partial charge in [-0.15, -0.1) is 5.10 Å². The number of nitrogens with zero attached hydrogens (tertiary/aromatic N) is 4. The third kappa shape index (κ3) is 6.30. The molecule has 9 heteroatoms. The van der Waals surface area contributed by atoms with Crippen LogP contribution in [0.15, 0.2) is 54.6 Å². The van der Waals surface area contributed by atoms with E-state index in [1.165, 1.54) is 12.1 Å². The summed E-state index contributed by atoms with van der Waals surface area (Å²) in [6, 6.07) is 15.7. The number of aromatic nitrogens is 3. The Labute approximate surface area is 204 Å². The number of benzene rings is 2. The predicted octanol–water partition coefficient (Wildman–Crippen LogP) is 3.74. The maximum atomic E-state index is 13.5. The highest BCUT2D eigenvalue weighted by atomic mass is 19.1. The Morgan fingerprint density at radius 2 is 1.80 bits per heavy atom. The van der Waals surface area contributed by atoms with Crippen LogP contribution in [0.4, 0.5) is 10.3 Å². The van der Waals surface area contributed by atoms with E-state index in [1.807, 2.05) is 30.3 Å². The average molecular weight is 480 g/mol. The SMILES string of the molecule is CC(C)(CC(=O)N1CCCOCC1)C(=O)Nc1nc(-c2ccc(F)cc2)n(Cc2ccccc2)n1. The number of hydrogen-bond acceptors (Lipinski definition) is 5. The first-order valence-corrected chi connectivity index (χ1v) is 11.7. The monoisotopic (exact) mass is 479 g/mol. The minimum atomic E-state index is -0.967. The number of halogens is 1. The van der Waals surface area contributed by atoms with Gasteiger partial charge in [0.05, 0.1) is 18.6 Å². The van der Waals surface area contributed by atoms with E-state index in [-0.39, 0.29) is 30.0 Å². The van der Waals surface area contributed by atoms with Crippen molar-refractivity contribution in [2.75, 3.05) is 31.6 Å². The van der Waals surface area contributed by atoms with E-state index in [4.69, 9.17) is 4.74 Å². The normalized spacial score (nSPS) is 14.4. The lowest BCUT2D eigenvalue weighted by Gasteiger charge is -2.26. The minimum absolute atomic E-state index is 0.0639. The van der Waals surface area contributed by atoms with Gasteiger partial charge in [0.2, 0.25) is 17.8 Å². The molecule has 0 spiro atoms. The van der Waals surface area contributed by atoms with Gasteiger partial charge in [-0.05, 0) is 36.2 Å². The second kappa shape index (κ2) is 10.8. The maximum absolute atomic E-state index is 13.5. The molecule has 1 aromatic heterocycles. The van der Waals surface area contributed by atoms with Crippen LogP contribution in [0.5, 0.6) is 0 Å². The van der Waals surface area contributed by atoms with Crippen LogP contribution in [0.3, 0.4) is 0 Å². The van der Waals surface area contributed by atoms with Crippen LogP contribution in [0.25, 0.3) is 11.4 Å². The third-order valence-corrected chi connectivity index (χ3v) is 5.96. The fourth-order valence-electron chi connectivity index (χ4n) is 3.91. The summed E-state index contributed by atoms with van der Waals surface area (Å²) in [7, 11) is 0. The highest BCUT2D eigenvalue weighted by molar-refractivity contribution is 5.96. The van der Waals surface area contributed by atoms with Gasteiger partial charge in [-0.3, -0.25) is 14.9 Å². The van der Waals surface area contributed by atoms with Gasteiger partial charge in [0.15, 0.2) is 5.82 Å². The molecular weight excluding hydrogens is 449 g/mol. The number of hydrogen-bond donors (Lipinski definition) is 1. The lowest BCUT2D eigenvalue weighted by atomic mass is 9.87. The van der Waals surface area contributed by atoms with Crippen molar-refractivity contribution in [3.8, 4) is 11.4 Å². The largest absolute Gasteiger partial charge is 0.380 e. The summed E-state index contributed by atoms with van der Waals surface area (Å²) in [4.78, 5) is 32.2. The molecule has 0 unspecified atom stereocenters. The van der Waals surface area contributed by atoms with Crippen LogP contribution in [0, 0.1) is 11.2 Å². The van der Waals surface area contributed by atoms with Crippen LogP contribution < -0.4 is 5.32 Å². The molecule has 0 saturated carbocycles. The molecule has 0 radical (unpaired) electrons. The van der Waals surface area contributed by atoms with Crippen molar-refractivity contribution in [1.82, 2.24) is 19.7 Å². The Bertz CT molecular complexity index is 1150. The van der Waals surface area contributed by atoms with Crippen molar-refractivity contribution in [2.24, 2.45) is 5.41 Å². The molecule has 2 aromatic carbocycles. The van der Waals surface area contributed by atoms with Crippen LogP contribution in [0.1, 0.15) is 32.3 Å². The second-order valence-corrected chi connectivity index (χ2v) is 9.27. The van der Waals surface area contributed by atoms with Crippen molar-refractivity contribution in [3.05, 3.63) is 66.0 Å². The molecule has 184 valence electrons. The van der Waals surface area contributed by atoms with E-state index >= 15 is 0 Å². The zero-order valence-electron chi connectivity index (χ0n) is 20.0. The zero-order chi connectivity index (χ0) is 24.8. The molecule has 1 fully saturated rings. The van der Waals surface area contributed by atoms with Crippen molar-refractivity contribution in [3.63, 3.8) is 0 Å². The van der Waals surface area contributed by atoms with Crippen molar-refractivity contribution < 1.29 is 18.7 Å². The Morgan fingerprint density at radius 3 is 2.54 bits per heavy atom. The van der Waals surface area contributed by atoms with Gasteiger partial charge in [0, 0.05) is 31.7 Å². The Balaban J connectivity index is 1.52. The quantitative estimate of drug-likeness (QED) is 0.558. The van der Waals surface area contributed by atoms with Crippen molar-refractivity contribution in [1.29, 1.82) is 0 Å². The van der Waals surface area contributed by atoms with E-state index in [0.717, 1.165) is 12.0 Å². The Morgan fingerprint density at radius 1 is 1.06 bits per heavy atom. The van der Waals surface area contributed by atoms with Crippen molar-refractivity contribution in [2.45, 2.75) is 33.2 Å². The molecule has 1 N–H and O–H groups in total. The number of anilines is 1. The summed E-state index contributed by atoms with van der Waals surface area (Å²) >= 11 is 0. The van der Waals surface area contributed by atoms with Crippen LogP contribution in [-0.2, 0) is 20.9 Å². The van der Waals surface area contributed by atoms with Gasteiger partial charge in [-0.1, -0.05) is 44.2 Å². The lowest BCUT2D eigenvalue weighted by Crippen LogP contribution is -2.40. The molecule has 1 aliphatic heterocycles. The average Bonchev–Trinajstić information content (AvgIpc) is 3.04. The van der Waals surface area contributed by atoms with E-state index in [9.17, 15) is 14.0 Å². The zero-order valence-corrected chi connectivity index (χ0v) is 20.0. The summed E-state index contributed by atoms with van der Waals surface area (Å²) in [6.45, 7) is 6.20. The molecule has 0 aliphatic carbocycles. The standard InChI is InChI=1S/C26H30FN5O3/c1-26(2,17-22(33)31-13-6-15-35-16-14-31)24(34)29-25-28-23(20-9-11-21(27)12-10-20)32(30-25)18-19-7-4-3-5-8-19/h3-5,7-12H,6,13-18H2,1-2H3,(H,29,30,34). The highest BCUT2D eigenvalue weighted by Gasteiger charge is 2.33. The maximum Gasteiger partial charge on any atom is 0.249 e. The van der Waals surface area contributed by atoms with Crippen molar-refractivity contribution >= 4 is 17.8 Å². The molecule has 35 heavy (non-hydrogen) atoms. The molecule has 8 nitrogen and oxygen atoms in total. The topological polar surface area (TPSA) is 89.4 Å². The van der Waals surface area contributed by atoms with Crippen LogP contribution in [-0.4, -0.2) is 57.8 Å². The van der Waals surface area contributed by atoms with Crippen LogP contribution in [0.2, 0.25) is 0 Å². The fourth-order valence-corrected chi connectivity index (χ4v) is 3.91. The van der Waals surface area contributed by atoms with Gasteiger partial charge in [0.25, 0.3) is 0 Å². The number of carbonyl (C=O) groups is 2. The number of carbonyl (C=O) groups excluding carboxylic acids is 2. The predicted molar refractivity (Wildman–Crippen MR) is 130 cm³/mol. The highest BCUT2D eigenvalue weighted by Crippen LogP contribution is 2.26. The first-order valence-electron chi connectivity index (χ1n) is 11.7. The summed E-state index contributed by atoms with van der Waals surface area (Å²) in [5.74, 6) is -0.139. The van der Waals surface area contributed by atoms with E-state index in [1.54, 1.807) is 35.6 Å². The molecule has 1 aliphatic rings. The minimum Gasteiger partial charge on any atom is -0.380 e. The molecule has 2 amide bonds. The van der Waals surface area contributed by atoms with Gasteiger partial charge < -0.3 is 9.64 Å². The van der Waals surface area contributed by atoms with Gasteiger partial charge in [0.1, 0.15) is 5.82 Å². The first-order chi connectivity index (χ1) is 16.8. The first kappa shape index (κ1) is 24.5. The van der Waals surface area contributed by atoms with Gasteiger partial charge in [-0.2, -0.15) is 4.98 Å². The van der Waals surface area contributed by atoms with Crippen LogP contribution >= 0.6 is 0 Å². The smallest absolute Gasteiger partial charge is 0.249 e.